The number of halogens is 1. The van der Waals surface area contributed by atoms with Gasteiger partial charge in [-0.1, -0.05) is 25.5 Å². The maximum Gasteiger partial charge on any atom is 0.123 e. The van der Waals surface area contributed by atoms with Crippen LogP contribution in [0.2, 0.25) is 0 Å². The normalized spacial score (nSPS) is 10.1. The molecule has 2 aromatic rings. The van der Waals surface area contributed by atoms with Gasteiger partial charge in [-0.15, -0.1) is 0 Å². The van der Waals surface area contributed by atoms with Gasteiger partial charge >= 0.3 is 0 Å². The van der Waals surface area contributed by atoms with E-state index in [1.807, 2.05) is 12.1 Å². The van der Waals surface area contributed by atoms with Crippen molar-refractivity contribution in [3.8, 4) is 6.07 Å². The third-order valence-electron chi connectivity index (χ3n) is 3.16. The smallest absolute Gasteiger partial charge is 0.123 e. The number of hydrogen-bond donors (Lipinski definition) is 1. The second kappa shape index (κ2) is 6.72. The summed E-state index contributed by atoms with van der Waals surface area (Å²) in [5.41, 5.74) is 3.45. The van der Waals surface area contributed by atoms with Gasteiger partial charge in [-0.2, -0.15) is 5.26 Å². The van der Waals surface area contributed by atoms with Crippen LogP contribution >= 0.6 is 0 Å². The number of nitrogens with zero attached hydrogens (tertiary/aromatic N) is 1. The fourth-order valence-electron chi connectivity index (χ4n) is 2.09. The summed E-state index contributed by atoms with van der Waals surface area (Å²) in [6.45, 7) is 2.59. The highest BCUT2D eigenvalue weighted by molar-refractivity contribution is 5.47. The average molecular weight is 268 g/mol. The van der Waals surface area contributed by atoms with Crippen LogP contribution in [0.15, 0.2) is 42.5 Å². The predicted molar refractivity (Wildman–Crippen MR) is 78.9 cm³/mol. The highest BCUT2D eigenvalue weighted by atomic mass is 19.1. The molecule has 0 atom stereocenters. The molecule has 2 nitrogen and oxygen atoms in total. The Labute approximate surface area is 118 Å². The van der Waals surface area contributed by atoms with Gasteiger partial charge < -0.3 is 5.32 Å². The zero-order chi connectivity index (χ0) is 14.4. The van der Waals surface area contributed by atoms with Crippen LogP contribution in [0.1, 0.15) is 30.0 Å². The van der Waals surface area contributed by atoms with Gasteiger partial charge in [0.05, 0.1) is 11.6 Å². The third kappa shape index (κ3) is 3.58. The van der Waals surface area contributed by atoms with Crippen LogP contribution in [0, 0.1) is 17.1 Å². The first kappa shape index (κ1) is 14.1. The molecule has 0 saturated heterocycles. The molecule has 1 N–H and O–H groups in total. The quantitative estimate of drug-likeness (QED) is 0.879. The molecule has 2 aromatic carbocycles. The molecule has 3 heteroatoms. The van der Waals surface area contributed by atoms with Crippen LogP contribution in [0.4, 0.5) is 10.1 Å². The SMILES string of the molecule is CCCc1ccc(NCc2cc(F)ccc2C#N)cc1. The van der Waals surface area contributed by atoms with Crippen molar-refractivity contribution < 1.29 is 4.39 Å². The maximum absolute atomic E-state index is 13.2. The van der Waals surface area contributed by atoms with E-state index in [1.165, 1.54) is 23.8 Å². The Kier molecular flexibility index (Phi) is 4.73. The largest absolute Gasteiger partial charge is 0.381 e. The highest BCUT2D eigenvalue weighted by Crippen LogP contribution is 2.15. The minimum absolute atomic E-state index is 0.320. The Bertz CT molecular complexity index is 612. The summed E-state index contributed by atoms with van der Waals surface area (Å²) < 4.78 is 13.2. The molecule has 0 aliphatic rings. The molecule has 0 amide bonds. The molecular formula is C17H17FN2. The van der Waals surface area contributed by atoms with E-state index in [4.69, 9.17) is 5.26 Å². The maximum atomic E-state index is 13.2. The molecule has 0 spiro atoms. The third-order valence-corrected chi connectivity index (χ3v) is 3.16. The molecule has 0 aliphatic carbocycles. The molecule has 0 fully saturated rings. The van der Waals surface area contributed by atoms with E-state index in [2.05, 4.69) is 30.4 Å². The Morgan fingerprint density at radius 3 is 2.55 bits per heavy atom. The minimum atomic E-state index is -0.320. The van der Waals surface area contributed by atoms with Crippen molar-refractivity contribution in [2.75, 3.05) is 5.32 Å². The molecule has 0 unspecified atom stereocenters. The van der Waals surface area contributed by atoms with Gasteiger partial charge in [0.1, 0.15) is 5.82 Å². The van der Waals surface area contributed by atoms with Crippen LogP contribution in [0.3, 0.4) is 0 Å². The van der Waals surface area contributed by atoms with Crippen molar-refractivity contribution in [1.29, 1.82) is 5.26 Å². The molecule has 0 heterocycles. The van der Waals surface area contributed by atoms with Gasteiger partial charge in [0.25, 0.3) is 0 Å². The van der Waals surface area contributed by atoms with Gasteiger partial charge in [-0.05, 0) is 47.9 Å². The molecule has 0 saturated carbocycles. The van der Waals surface area contributed by atoms with Crippen LogP contribution in [-0.4, -0.2) is 0 Å². The summed E-state index contributed by atoms with van der Waals surface area (Å²) in [6, 6.07) is 14.5. The summed E-state index contributed by atoms with van der Waals surface area (Å²) in [4.78, 5) is 0. The second-order valence-corrected chi connectivity index (χ2v) is 4.71. The molecule has 20 heavy (non-hydrogen) atoms. The minimum Gasteiger partial charge on any atom is -0.381 e. The van der Waals surface area contributed by atoms with Crippen LogP contribution in [0.5, 0.6) is 0 Å². The van der Waals surface area contributed by atoms with Gasteiger partial charge in [-0.25, -0.2) is 4.39 Å². The topological polar surface area (TPSA) is 35.8 Å². The molecule has 0 radical (unpaired) electrons. The van der Waals surface area contributed by atoms with Crippen molar-refractivity contribution in [3.05, 3.63) is 65.0 Å². The van der Waals surface area contributed by atoms with Crippen molar-refractivity contribution in [2.24, 2.45) is 0 Å². The summed E-state index contributed by atoms with van der Waals surface area (Å²) >= 11 is 0. The van der Waals surface area contributed by atoms with Crippen molar-refractivity contribution in [1.82, 2.24) is 0 Å². The second-order valence-electron chi connectivity index (χ2n) is 4.71. The average Bonchev–Trinajstić information content (AvgIpc) is 2.47. The lowest BCUT2D eigenvalue weighted by Gasteiger charge is -2.09. The molecular weight excluding hydrogens is 251 g/mol. The molecule has 0 bridgehead atoms. The zero-order valence-corrected chi connectivity index (χ0v) is 11.5. The molecule has 0 aromatic heterocycles. The Hall–Kier alpha value is -2.34. The highest BCUT2D eigenvalue weighted by Gasteiger charge is 2.03. The van der Waals surface area contributed by atoms with Crippen LogP contribution in [-0.2, 0) is 13.0 Å². The lowest BCUT2D eigenvalue weighted by molar-refractivity contribution is 0.625. The number of nitriles is 1. The van der Waals surface area contributed by atoms with E-state index in [9.17, 15) is 4.39 Å². The van der Waals surface area contributed by atoms with E-state index in [1.54, 1.807) is 0 Å². The monoisotopic (exact) mass is 268 g/mol. The van der Waals surface area contributed by atoms with Crippen molar-refractivity contribution in [3.63, 3.8) is 0 Å². The van der Waals surface area contributed by atoms with E-state index in [0.717, 1.165) is 18.5 Å². The van der Waals surface area contributed by atoms with Crippen LogP contribution < -0.4 is 5.32 Å². The lowest BCUT2D eigenvalue weighted by atomic mass is 10.1. The number of anilines is 1. The fraction of sp³-hybridized carbons (Fsp3) is 0.235. The van der Waals surface area contributed by atoms with E-state index < -0.39 is 0 Å². The Morgan fingerprint density at radius 2 is 1.90 bits per heavy atom. The number of nitrogens with one attached hydrogen (secondary N) is 1. The fourth-order valence-corrected chi connectivity index (χ4v) is 2.09. The first-order valence-electron chi connectivity index (χ1n) is 6.74. The lowest BCUT2D eigenvalue weighted by Crippen LogP contribution is -2.02. The number of rotatable bonds is 5. The first-order valence-corrected chi connectivity index (χ1v) is 6.74. The summed E-state index contributed by atoms with van der Waals surface area (Å²) in [7, 11) is 0. The van der Waals surface area contributed by atoms with Gasteiger partial charge in [0.2, 0.25) is 0 Å². The van der Waals surface area contributed by atoms with Gasteiger partial charge in [-0.3, -0.25) is 0 Å². The Balaban J connectivity index is 2.05. The molecule has 102 valence electrons. The summed E-state index contributed by atoms with van der Waals surface area (Å²) in [5.74, 6) is -0.320. The van der Waals surface area contributed by atoms with Gasteiger partial charge in [0.15, 0.2) is 0 Å². The standard InChI is InChI=1S/C17H17FN2/c1-2-3-13-4-8-17(9-5-13)20-12-15-10-16(18)7-6-14(15)11-19/h4-10,20H,2-3,12H2,1H3. The van der Waals surface area contributed by atoms with E-state index in [0.29, 0.717) is 17.7 Å². The van der Waals surface area contributed by atoms with Crippen LogP contribution in [0.25, 0.3) is 0 Å². The summed E-state index contributed by atoms with van der Waals surface area (Å²) in [6.07, 6.45) is 2.20. The Morgan fingerprint density at radius 1 is 1.15 bits per heavy atom. The predicted octanol–water partition coefficient (Wildman–Crippen LogP) is 4.26. The molecule has 0 aliphatic heterocycles. The number of benzene rings is 2. The van der Waals surface area contributed by atoms with Gasteiger partial charge in [0, 0.05) is 12.2 Å². The first-order chi connectivity index (χ1) is 9.72. The zero-order valence-electron chi connectivity index (χ0n) is 11.5. The van der Waals surface area contributed by atoms with Crippen molar-refractivity contribution >= 4 is 5.69 Å². The van der Waals surface area contributed by atoms with E-state index in [-0.39, 0.29) is 5.82 Å². The number of aryl methyl sites for hydroxylation is 1. The summed E-state index contributed by atoms with van der Waals surface area (Å²) in [5, 5.41) is 12.2. The van der Waals surface area contributed by atoms with Crippen molar-refractivity contribution in [2.45, 2.75) is 26.3 Å². The number of hydrogen-bond acceptors (Lipinski definition) is 2. The van der Waals surface area contributed by atoms with E-state index >= 15 is 0 Å². The molecule has 2 rings (SSSR count).